The van der Waals surface area contributed by atoms with Crippen LogP contribution in [0.1, 0.15) is 27.7 Å². The summed E-state index contributed by atoms with van der Waals surface area (Å²) in [5, 5.41) is 0. The highest BCUT2D eigenvalue weighted by Crippen LogP contribution is 2.52. The molecule has 1 saturated heterocycles. The van der Waals surface area contributed by atoms with Crippen molar-refractivity contribution in [2.45, 2.75) is 33.2 Å². The molecule has 1 heteroatoms. The average Bonchev–Trinajstić information content (AvgIpc) is 2.39. The average molecular weight is 153 g/mol. The van der Waals surface area contributed by atoms with E-state index in [9.17, 15) is 0 Å². The molecule has 1 aliphatic heterocycles. The second kappa shape index (κ2) is 2.01. The lowest BCUT2D eigenvalue weighted by Crippen LogP contribution is -2.41. The van der Waals surface area contributed by atoms with E-state index in [0.717, 1.165) is 17.8 Å². The second-order valence-electron chi connectivity index (χ2n) is 5.26. The fourth-order valence-corrected chi connectivity index (χ4v) is 2.37. The van der Waals surface area contributed by atoms with Crippen molar-refractivity contribution in [3.8, 4) is 0 Å². The number of piperidine rings is 1. The van der Waals surface area contributed by atoms with E-state index in [0.29, 0.717) is 5.54 Å². The summed E-state index contributed by atoms with van der Waals surface area (Å²) in [6.07, 6.45) is 0. The number of hydrogen-bond donors (Lipinski definition) is 0. The summed E-state index contributed by atoms with van der Waals surface area (Å²) in [7, 11) is 0. The van der Waals surface area contributed by atoms with Gasteiger partial charge in [-0.1, -0.05) is 6.92 Å². The van der Waals surface area contributed by atoms with E-state index in [1.165, 1.54) is 13.1 Å². The molecule has 64 valence electrons. The molecule has 1 saturated carbocycles. The van der Waals surface area contributed by atoms with Gasteiger partial charge in [-0.3, -0.25) is 4.90 Å². The molecule has 0 aromatic rings. The molecule has 0 aromatic heterocycles. The van der Waals surface area contributed by atoms with Gasteiger partial charge in [0.05, 0.1) is 0 Å². The minimum Gasteiger partial charge on any atom is -0.298 e. The predicted octanol–water partition coefficient (Wildman–Crippen LogP) is 1.98. The van der Waals surface area contributed by atoms with Gasteiger partial charge in [0.25, 0.3) is 0 Å². The lowest BCUT2D eigenvalue weighted by Gasteiger charge is -2.33. The molecule has 0 amide bonds. The molecule has 2 fully saturated rings. The number of hydrogen-bond acceptors (Lipinski definition) is 1. The molecule has 1 nitrogen and oxygen atoms in total. The molecule has 11 heavy (non-hydrogen) atoms. The fourth-order valence-electron chi connectivity index (χ4n) is 2.37. The third kappa shape index (κ3) is 1.10. The Labute approximate surface area is 69.8 Å². The predicted molar refractivity (Wildman–Crippen MR) is 47.5 cm³/mol. The minimum atomic E-state index is 0.410. The summed E-state index contributed by atoms with van der Waals surface area (Å²) in [5.74, 6) is 3.14. The van der Waals surface area contributed by atoms with Crippen molar-refractivity contribution in [2.75, 3.05) is 13.1 Å². The molecular formula is C10H19N. The first kappa shape index (κ1) is 7.60. The summed E-state index contributed by atoms with van der Waals surface area (Å²) in [6.45, 7) is 12.1. The van der Waals surface area contributed by atoms with Crippen molar-refractivity contribution in [3.63, 3.8) is 0 Å². The van der Waals surface area contributed by atoms with Gasteiger partial charge in [-0.25, -0.2) is 0 Å². The van der Waals surface area contributed by atoms with Gasteiger partial charge >= 0.3 is 0 Å². The highest BCUT2D eigenvalue weighted by Gasteiger charge is 2.54. The fraction of sp³-hybridized carbons (Fsp3) is 1.00. The van der Waals surface area contributed by atoms with Crippen LogP contribution in [0.2, 0.25) is 0 Å². The third-order valence-electron chi connectivity index (χ3n) is 3.57. The molecule has 3 atom stereocenters. The largest absolute Gasteiger partial charge is 0.298 e. The number of likely N-dealkylation sites (tertiary alicyclic amines) is 1. The Balaban J connectivity index is 1.95. The molecule has 0 unspecified atom stereocenters. The molecular weight excluding hydrogens is 134 g/mol. The van der Waals surface area contributed by atoms with E-state index in [-0.39, 0.29) is 0 Å². The van der Waals surface area contributed by atoms with Crippen LogP contribution in [0.5, 0.6) is 0 Å². The van der Waals surface area contributed by atoms with Gasteiger partial charge in [-0.15, -0.1) is 0 Å². The van der Waals surface area contributed by atoms with E-state index in [4.69, 9.17) is 0 Å². The van der Waals surface area contributed by atoms with Crippen LogP contribution in [0.25, 0.3) is 0 Å². The molecule has 2 rings (SSSR count). The molecule has 0 N–H and O–H groups in total. The Morgan fingerprint density at radius 1 is 1.09 bits per heavy atom. The molecule has 2 aliphatic rings. The normalized spacial score (nSPS) is 44.2. The van der Waals surface area contributed by atoms with Gasteiger partial charge in [0.1, 0.15) is 0 Å². The van der Waals surface area contributed by atoms with Gasteiger partial charge in [0, 0.05) is 18.6 Å². The molecule has 1 aliphatic carbocycles. The Kier molecular flexibility index (Phi) is 1.39. The Bertz CT molecular complexity index is 156. The summed E-state index contributed by atoms with van der Waals surface area (Å²) in [6, 6.07) is 0. The quantitative estimate of drug-likeness (QED) is 0.514. The number of rotatable bonds is 0. The zero-order valence-electron chi connectivity index (χ0n) is 8.09. The molecule has 0 aromatic carbocycles. The standard InChI is InChI=1S/C10H19N/c1-7-8-5-11(6-9(7)8)10(2,3)4/h7-9H,5-6H2,1-4H3/t7-,8-,9+. The first-order valence-corrected chi connectivity index (χ1v) is 4.75. The van der Waals surface area contributed by atoms with Crippen LogP contribution < -0.4 is 0 Å². The molecule has 1 heterocycles. The van der Waals surface area contributed by atoms with Crippen molar-refractivity contribution in [3.05, 3.63) is 0 Å². The SMILES string of the molecule is C[C@@H]1[C@H]2CN(C(C)(C)C)C[C@@H]12. The Morgan fingerprint density at radius 3 is 1.91 bits per heavy atom. The van der Waals surface area contributed by atoms with Gasteiger partial charge in [0.15, 0.2) is 0 Å². The van der Waals surface area contributed by atoms with E-state index in [1.54, 1.807) is 0 Å². The third-order valence-corrected chi connectivity index (χ3v) is 3.57. The summed E-state index contributed by atoms with van der Waals surface area (Å²) in [4.78, 5) is 2.63. The van der Waals surface area contributed by atoms with Crippen molar-refractivity contribution >= 4 is 0 Å². The minimum absolute atomic E-state index is 0.410. The second-order valence-corrected chi connectivity index (χ2v) is 5.26. The maximum atomic E-state index is 2.63. The van der Waals surface area contributed by atoms with Crippen LogP contribution in [-0.2, 0) is 0 Å². The highest BCUT2D eigenvalue weighted by molar-refractivity contribution is 5.05. The lowest BCUT2D eigenvalue weighted by atomic mass is 10.1. The maximum absolute atomic E-state index is 2.63. The number of fused-ring (bicyclic) bond motifs is 1. The van der Waals surface area contributed by atoms with Crippen LogP contribution >= 0.6 is 0 Å². The molecule has 0 spiro atoms. The smallest absolute Gasteiger partial charge is 0.0125 e. The van der Waals surface area contributed by atoms with Crippen molar-refractivity contribution in [1.29, 1.82) is 0 Å². The zero-order chi connectivity index (χ0) is 8.22. The zero-order valence-corrected chi connectivity index (χ0v) is 8.09. The first-order chi connectivity index (χ1) is 5.00. The van der Waals surface area contributed by atoms with Gasteiger partial charge in [0.2, 0.25) is 0 Å². The van der Waals surface area contributed by atoms with Crippen molar-refractivity contribution < 1.29 is 0 Å². The molecule has 0 radical (unpaired) electrons. The van der Waals surface area contributed by atoms with Crippen LogP contribution in [0.15, 0.2) is 0 Å². The number of nitrogens with zero attached hydrogens (tertiary/aromatic N) is 1. The Morgan fingerprint density at radius 2 is 1.55 bits per heavy atom. The van der Waals surface area contributed by atoms with Crippen LogP contribution in [0, 0.1) is 17.8 Å². The highest BCUT2D eigenvalue weighted by atomic mass is 15.2. The van der Waals surface area contributed by atoms with Gasteiger partial charge in [-0.2, -0.15) is 0 Å². The van der Waals surface area contributed by atoms with E-state index in [1.807, 2.05) is 0 Å². The van der Waals surface area contributed by atoms with E-state index >= 15 is 0 Å². The molecule has 0 bridgehead atoms. The van der Waals surface area contributed by atoms with Crippen LogP contribution in [-0.4, -0.2) is 23.5 Å². The lowest BCUT2D eigenvalue weighted by molar-refractivity contribution is 0.148. The monoisotopic (exact) mass is 153 g/mol. The van der Waals surface area contributed by atoms with E-state index < -0.39 is 0 Å². The summed E-state index contributed by atoms with van der Waals surface area (Å²) >= 11 is 0. The van der Waals surface area contributed by atoms with Crippen LogP contribution in [0.4, 0.5) is 0 Å². The van der Waals surface area contributed by atoms with Crippen LogP contribution in [0.3, 0.4) is 0 Å². The summed E-state index contributed by atoms with van der Waals surface area (Å²) < 4.78 is 0. The summed E-state index contributed by atoms with van der Waals surface area (Å²) in [5.41, 5.74) is 0.410. The Hall–Kier alpha value is -0.0400. The van der Waals surface area contributed by atoms with Crippen molar-refractivity contribution in [2.24, 2.45) is 17.8 Å². The van der Waals surface area contributed by atoms with Crippen molar-refractivity contribution in [1.82, 2.24) is 4.90 Å². The van der Waals surface area contributed by atoms with E-state index in [2.05, 4.69) is 32.6 Å². The maximum Gasteiger partial charge on any atom is 0.0125 e. The first-order valence-electron chi connectivity index (χ1n) is 4.75. The topological polar surface area (TPSA) is 3.24 Å². The van der Waals surface area contributed by atoms with Gasteiger partial charge in [-0.05, 0) is 38.5 Å². The van der Waals surface area contributed by atoms with Gasteiger partial charge < -0.3 is 0 Å².